The van der Waals surface area contributed by atoms with Crippen LogP contribution in [0.5, 0.6) is 11.5 Å². The maximum Gasteiger partial charge on any atom is 0.228 e. The number of piperazine rings is 1. The summed E-state index contributed by atoms with van der Waals surface area (Å²) < 4.78 is 10.8. The van der Waals surface area contributed by atoms with Crippen LogP contribution in [-0.2, 0) is 9.59 Å². The first kappa shape index (κ1) is 24.5. The molecule has 9 heteroatoms. The third kappa shape index (κ3) is 5.35. The van der Waals surface area contributed by atoms with Gasteiger partial charge in [0.25, 0.3) is 0 Å². The van der Waals surface area contributed by atoms with Gasteiger partial charge >= 0.3 is 0 Å². The fourth-order valence-electron chi connectivity index (χ4n) is 4.85. The fourth-order valence-corrected chi connectivity index (χ4v) is 4.85. The second-order valence-corrected chi connectivity index (χ2v) is 9.15. The Kier molecular flexibility index (Phi) is 7.20. The van der Waals surface area contributed by atoms with Gasteiger partial charge in [0.1, 0.15) is 11.5 Å². The van der Waals surface area contributed by atoms with E-state index in [-0.39, 0.29) is 24.2 Å². The number of amides is 2. The van der Waals surface area contributed by atoms with Gasteiger partial charge < -0.3 is 24.2 Å². The standard InChI is InChI=1S/C28H31N5O4/c1-3-37-23-9-7-20(8-10-23)25-11-12-26(30-29-25)31-13-15-32(16-14-31)28(35)21-17-27(34)33(19-21)22-5-4-6-24(18-22)36-2/h4-12,18,21H,3,13-17,19H2,1-2H3. The molecule has 192 valence electrons. The number of anilines is 2. The van der Waals surface area contributed by atoms with Crippen LogP contribution in [-0.4, -0.2) is 73.4 Å². The third-order valence-corrected chi connectivity index (χ3v) is 6.87. The third-order valence-electron chi connectivity index (χ3n) is 6.87. The molecule has 0 bridgehead atoms. The van der Waals surface area contributed by atoms with Crippen LogP contribution in [0.4, 0.5) is 11.5 Å². The zero-order chi connectivity index (χ0) is 25.8. The Morgan fingerprint density at radius 2 is 1.76 bits per heavy atom. The van der Waals surface area contributed by atoms with Crippen molar-refractivity contribution in [1.29, 1.82) is 0 Å². The van der Waals surface area contributed by atoms with E-state index < -0.39 is 0 Å². The molecule has 2 saturated heterocycles. The smallest absolute Gasteiger partial charge is 0.228 e. The summed E-state index contributed by atoms with van der Waals surface area (Å²) in [6.07, 6.45) is 0.231. The number of hydrogen-bond donors (Lipinski definition) is 0. The van der Waals surface area contributed by atoms with Gasteiger partial charge in [0.05, 0.1) is 25.3 Å². The van der Waals surface area contributed by atoms with Crippen LogP contribution in [0.1, 0.15) is 13.3 Å². The summed E-state index contributed by atoms with van der Waals surface area (Å²) in [6, 6.07) is 19.1. The number of carbonyl (C=O) groups is 2. The second kappa shape index (κ2) is 10.9. The molecule has 2 aromatic carbocycles. The van der Waals surface area contributed by atoms with E-state index in [0.29, 0.717) is 45.1 Å². The van der Waals surface area contributed by atoms with Gasteiger partial charge in [-0.05, 0) is 55.5 Å². The van der Waals surface area contributed by atoms with E-state index in [0.717, 1.165) is 28.5 Å². The zero-order valence-electron chi connectivity index (χ0n) is 21.2. The van der Waals surface area contributed by atoms with Crippen molar-refractivity contribution in [1.82, 2.24) is 15.1 Å². The Bertz CT molecular complexity index is 1240. The van der Waals surface area contributed by atoms with E-state index in [9.17, 15) is 9.59 Å². The van der Waals surface area contributed by atoms with E-state index in [1.807, 2.05) is 72.5 Å². The predicted molar refractivity (Wildman–Crippen MR) is 141 cm³/mol. The minimum absolute atomic E-state index is 0.0341. The maximum atomic E-state index is 13.2. The van der Waals surface area contributed by atoms with Crippen LogP contribution in [0.15, 0.2) is 60.7 Å². The molecule has 2 aliphatic heterocycles. The van der Waals surface area contributed by atoms with Crippen LogP contribution < -0.4 is 19.3 Å². The molecule has 2 fully saturated rings. The monoisotopic (exact) mass is 501 g/mol. The Hall–Kier alpha value is -4.14. The Morgan fingerprint density at radius 3 is 2.43 bits per heavy atom. The van der Waals surface area contributed by atoms with Crippen molar-refractivity contribution in [2.45, 2.75) is 13.3 Å². The van der Waals surface area contributed by atoms with Gasteiger partial charge in [-0.25, -0.2) is 0 Å². The highest BCUT2D eigenvalue weighted by Gasteiger charge is 2.38. The summed E-state index contributed by atoms with van der Waals surface area (Å²) >= 11 is 0. The van der Waals surface area contributed by atoms with E-state index >= 15 is 0 Å². The topological polar surface area (TPSA) is 88.1 Å². The average molecular weight is 502 g/mol. The highest BCUT2D eigenvalue weighted by molar-refractivity contribution is 6.00. The fraction of sp³-hybridized carbons (Fsp3) is 0.357. The molecule has 0 saturated carbocycles. The number of ether oxygens (including phenoxy) is 2. The van der Waals surface area contributed by atoms with Crippen molar-refractivity contribution < 1.29 is 19.1 Å². The van der Waals surface area contributed by atoms with Crippen molar-refractivity contribution in [3.63, 3.8) is 0 Å². The van der Waals surface area contributed by atoms with Gasteiger partial charge in [-0.3, -0.25) is 9.59 Å². The minimum Gasteiger partial charge on any atom is -0.497 e. The lowest BCUT2D eigenvalue weighted by molar-refractivity contribution is -0.136. The normalized spacial score (nSPS) is 17.7. The van der Waals surface area contributed by atoms with Crippen molar-refractivity contribution in [3.05, 3.63) is 60.7 Å². The molecule has 2 amide bonds. The van der Waals surface area contributed by atoms with Gasteiger partial charge in [0, 0.05) is 56.5 Å². The number of carbonyl (C=O) groups excluding carboxylic acids is 2. The van der Waals surface area contributed by atoms with Gasteiger partial charge in [-0.2, -0.15) is 0 Å². The van der Waals surface area contributed by atoms with Crippen LogP contribution in [0.2, 0.25) is 0 Å². The number of rotatable bonds is 7. The quantitative estimate of drug-likeness (QED) is 0.491. The number of hydrogen-bond acceptors (Lipinski definition) is 7. The van der Waals surface area contributed by atoms with Crippen molar-refractivity contribution in [3.8, 4) is 22.8 Å². The van der Waals surface area contributed by atoms with Crippen molar-refractivity contribution in [2.75, 3.05) is 56.2 Å². The molecule has 1 atom stereocenters. The van der Waals surface area contributed by atoms with Gasteiger partial charge in [0.15, 0.2) is 5.82 Å². The maximum absolute atomic E-state index is 13.2. The Balaban J connectivity index is 1.16. The first-order valence-electron chi connectivity index (χ1n) is 12.6. The first-order valence-corrected chi connectivity index (χ1v) is 12.6. The van der Waals surface area contributed by atoms with Crippen molar-refractivity contribution in [2.24, 2.45) is 5.92 Å². The van der Waals surface area contributed by atoms with Crippen LogP contribution in [0.3, 0.4) is 0 Å². The molecule has 9 nitrogen and oxygen atoms in total. The van der Waals surface area contributed by atoms with Crippen molar-refractivity contribution >= 4 is 23.3 Å². The summed E-state index contributed by atoms with van der Waals surface area (Å²) in [7, 11) is 1.60. The molecule has 2 aliphatic rings. The number of aromatic nitrogens is 2. The lowest BCUT2D eigenvalue weighted by atomic mass is 10.1. The highest BCUT2D eigenvalue weighted by atomic mass is 16.5. The van der Waals surface area contributed by atoms with Crippen LogP contribution >= 0.6 is 0 Å². The Labute approximate surface area is 216 Å². The number of benzene rings is 2. The number of methoxy groups -OCH3 is 1. The van der Waals surface area contributed by atoms with Crippen LogP contribution in [0, 0.1) is 5.92 Å². The molecule has 0 aliphatic carbocycles. The summed E-state index contributed by atoms with van der Waals surface area (Å²) in [5.74, 6) is 1.98. The van der Waals surface area contributed by atoms with E-state index in [2.05, 4.69) is 15.1 Å². The molecule has 0 radical (unpaired) electrons. The summed E-state index contributed by atoms with van der Waals surface area (Å²) in [4.78, 5) is 31.6. The van der Waals surface area contributed by atoms with Gasteiger partial charge in [-0.15, -0.1) is 10.2 Å². The summed E-state index contributed by atoms with van der Waals surface area (Å²) in [5, 5.41) is 8.84. The first-order chi connectivity index (χ1) is 18.1. The highest BCUT2D eigenvalue weighted by Crippen LogP contribution is 2.29. The molecule has 0 N–H and O–H groups in total. The number of nitrogens with zero attached hydrogens (tertiary/aromatic N) is 5. The van der Waals surface area contributed by atoms with Crippen LogP contribution in [0.25, 0.3) is 11.3 Å². The molecule has 5 rings (SSSR count). The van der Waals surface area contributed by atoms with E-state index in [4.69, 9.17) is 9.47 Å². The summed E-state index contributed by atoms with van der Waals surface area (Å²) in [5.41, 5.74) is 2.54. The second-order valence-electron chi connectivity index (χ2n) is 9.15. The van der Waals surface area contributed by atoms with Gasteiger partial charge in [0.2, 0.25) is 11.8 Å². The SMILES string of the molecule is CCOc1ccc(-c2ccc(N3CCN(C(=O)C4CC(=O)N(c5cccc(OC)c5)C4)CC3)nn2)cc1. The molecule has 37 heavy (non-hydrogen) atoms. The molecule has 3 aromatic rings. The van der Waals surface area contributed by atoms with E-state index in [1.165, 1.54) is 0 Å². The van der Waals surface area contributed by atoms with E-state index in [1.54, 1.807) is 12.0 Å². The molecule has 1 unspecified atom stereocenters. The molecular weight excluding hydrogens is 470 g/mol. The zero-order valence-corrected chi connectivity index (χ0v) is 21.2. The minimum atomic E-state index is -0.335. The largest absolute Gasteiger partial charge is 0.497 e. The lowest BCUT2D eigenvalue weighted by Gasteiger charge is -2.36. The predicted octanol–water partition coefficient (Wildman–Crippen LogP) is 3.25. The lowest BCUT2D eigenvalue weighted by Crippen LogP contribution is -2.51. The molecule has 0 spiro atoms. The molecule has 1 aromatic heterocycles. The summed E-state index contributed by atoms with van der Waals surface area (Å²) in [6.45, 7) is 5.50. The van der Waals surface area contributed by atoms with Gasteiger partial charge in [-0.1, -0.05) is 6.07 Å². The molecular formula is C28H31N5O4. The Morgan fingerprint density at radius 1 is 0.973 bits per heavy atom. The average Bonchev–Trinajstić information content (AvgIpc) is 3.35. The molecule has 3 heterocycles.